The predicted octanol–water partition coefficient (Wildman–Crippen LogP) is 2.71. The fourth-order valence-corrected chi connectivity index (χ4v) is 1.44. The Morgan fingerprint density at radius 2 is 2.11 bits per heavy atom. The molecule has 0 aliphatic rings. The number of carbonyl (C=O) groups is 1. The van der Waals surface area contributed by atoms with E-state index in [2.05, 4.69) is 11.9 Å². The zero-order valence-corrected chi connectivity index (χ0v) is 11.5. The van der Waals surface area contributed by atoms with E-state index in [1.807, 2.05) is 0 Å². The number of hydrogen-bond donors (Lipinski definition) is 3. The molecule has 0 heterocycles. The van der Waals surface area contributed by atoms with Crippen LogP contribution in [0.25, 0.3) is 5.57 Å². The van der Waals surface area contributed by atoms with Gasteiger partial charge in [0, 0.05) is 23.9 Å². The summed E-state index contributed by atoms with van der Waals surface area (Å²) in [6, 6.07) is 4.73. The van der Waals surface area contributed by atoms with Gasteiger partial charge in [0.1, 0.15) is 11.4 Å². The van der Waals surface area contributed by atoms with Gasteiger partial charge in [0.15, 0.2) is 0 Å². The van der Waals surface area contributed by atoms with Crippen LogP contribution < -0.4 is 11.1 Å². The molecule has 19 heavy (non-hydrogen) atoms. The number of rotatable bonds is 3. The van der Waals surface area contributed by atoms with E-state index in [-0.39, 0.29) is 12.3 Å². The van der Waals surface area contributed by atoms with Crippen LogP contribution in [-0.4, -0.2) is 23.3 Å². The molecule has 0 saturated carbocycles. The van der Waals surface area contributed by atoms with E-state index in [0.29, 0.717) is 16.8 Å². The molecule has 4 N–H and O–H groups in total. The molecule has 5 nitrogen and oxygen atoms in total. The summed E-state index contributed by atoms with van der Waals surface area (Å²) in [5.41, 5.74) is 6.53. The van der Waals surface area contributed by atoms with Crippen molar-refractivity contribution in [1.82, 2.24) is 0 Å². The fourth-order valence-electron chi connectivity index (χ4n) is 1.44. The number of anilines is 1. The Hall–Kier alpha value is -2.01. The molecule has 1 amide bonds. The Morgan fingerprint density at radius 1 is 1.47 bits per heavy atom. The summed E-state index contributed by atoms with van der Waals surface area (Å²) >= 11 is 0. The van der Waals surface area contributed by atoms with Crippen LogP contribution in [-0.2, 0) is 4.74 Å². The highest BCUT2D eigenvalue weighted by Gasteiger charge is 2.16. The molecule has 0 aliphatic carbocycles. The molecule has 0 bridgehead atoms. The zero-order valence-electron chi connectivity index (χ0n) is 11.5. The first-order chi connectivity index (χ1) is 8.73. The summed E-state index contributed by atoms with van der Waals surface area (Å²) in [4.78, 5) is 11.6. The molecule has 1 aromatic rings. The first-order valence-electron chi connectivity index (χ1n) is 5.94. The second kappa shape index (κ2) is 5.75. The van der Waals surface area contributed by atoms with Crippen molar-refractivity contribution in [1.29, 1.82) is 0 Å². The smallest absolute Gasteiger partial charge is 0.412 e. The maximum Gasteiger partial charge on any atom is 0.412 e. The lowest BCUT2D eigenvalue weighted by molar-refractivity contribution is 0.0636. The van der Waals surface area contributed by atoms with Gasteiger partial charge in [-0.25, -0.2) is 4.79 Å². The molecule has 1 rings (SSSR count). The van der Waals surface area contributed by atoms with Crippen LogP contribution in [0, 0.1) is 0 Å². The van der Waals surface area contributed by atoms with Crippen molar-refractivity contribution < 1.29 is 14.6 Å². The Labute approximate surface area is 113 Å². The van der Waals surface area contributed by atoms with Crippen molar-refractivity contribution in [2.75, 3.05) is 11.9 Å². The van der Waals surface area contributed by atoms with Crippen molar-refractivity contribution in [3.05, 3.63) is 30.3 Å². The van der Waals surface area contributed by atoms with Gasteiger partial charge in [-0.05, 0) is 38.5 Å². The summed E-state index contributed by atoms with van der Waals surface area (Å²) in [7, 11) is 0. The third-order valence-corrected chi connectivity index (χ3v) is 2.27. The summed E-state index contributed by atoms with van der Waals surface area (Å²) in [6.45, 7) is 9.33. The molecule has 1 aromatic carbocycles. The molecule has 0 atom stereocenters. The number of nitrogens with one attached hydrogen (secondary N) is 1. The van der Waals surface area contributed by atoms with E-state index in [9.17, 15) is 9.90 Å². The van der Waals surface area contributed by atoms with Crippen LogP contribution in [0.3, 0.4) is 0 Å². The number of phenols is 1. The van der Waals surface area contributed by atoms with Gasteiger partial charge in [-0.1, -0.05) is 6.58 Å². The van der Waals surface area contributed by atoms with Gasteiger partial charge in [-0.15, -0.1) is 0 Å². The van der Waals surface area contributed by atoms with Gasteiger partial charge < -0.3 is 15.6 Å². The lowest BCUT2D eigenvalue weighted by atomic mass is 10.1. The molecule has 0 saturated heterocycles. The van der Waals surface area contributed by atoms with Gasteiger partial charge in [-0.3, -0.25) is 5.32 Å². The number of benzene rings is 1. The van der Waals surface area contributed by atoms with Gasteiger partial charge >= 0.3 is 6.09 Å². The number of aromatic hydroxyl groups is 1. The lowest BCUT2D eigenvalue weighted by Gasteiger charge is -2.19. The fraction of sp³-hybridized carbons (Fsp3) is 0.357. The Bertz CT molecular complexity index is 490. The normalized spacial score (nSPS) is 10.9. The maximum atomic E-state index is 11.6. The monoisotopic (exact) mass is 264 g/mol. The van der Waals surface area contributed by atoms with Crippen molar-refractivity contribution in [2.45, 2.75) is 26.4 Å². The maximum absolute atomic E-state index is 11.6. The minimum atomic E-state index is -0.572. The average molecular weight is 264 g/mol. The van der Waals surface area contributed by atoms with E-state index < -0.39 is 11.7 Å². The molecule has 0 aromatic heterocycles. The first-order valence-corrected chi connectivity index (χ1v) is 5.94. The van der Waals surface area contributed by atoms with E-state index in [1.165, 1.54) is 6.07 Å². The SMILES string of the molecule is C=C(CN)c1ccc(NC(=O)OC(C)(C)C)cc1O. The zero-order chi connectivity index (χ0) is 14.6. The standard InChI is InChI=1S/C14H20N2O3/c1-9(8-15)11-6-5-10(7-12(11)17)16-13(18)19-14(2,3)4/h5-7,17H,1,8,15H2,2-4H3,(H,16,18). The summed E-state index contributed by atoms with van der Waals surface area (Å²) < 4.78 is 5.11. The Morgan fingerprint density at radius 3 is 2.58 bits per heavy atom. The van der Waals surface area contributed by atoms with Crippen molar-refractivity contribution >= 4 is 17.4 Å². The van der Waals surface area contributed by atoms with E-state index in [1.54, 1.807) is 32.9 Å². The number of amides is 1. The van der Waals surface area contributed by atoms with E-state index in [0.717, 1.165) is 0 Å². The Kier molecular flexibility index (Phi) is 4.56. The number of hydrogen-bond acceptors (Lipinski definition) is 4. The molecule has 0 aliphatic heterocycles. The first kappa shape index (κ1) is 15.0. The van der Waals surface area contributed by atoms with Crippen molar-refractivity contribution in [3.8, 4) is 5.75 Å². The van der Waals surface area contributed by atoms with Crippen molar-refractivity contribution in [3.63, 3.8) is 0 Å². The van der Waals surface area contributed by atoms with Crippen LogP contribution in [0.5, 0.6) is 5.75 Å². The number of nitrogens with two attached hydrogens (primary N) is 1. The third-order valence-electron chi connectivity index (χ3n) is 2.27. The Balaban J connectivity index is 2.79. The van der Waals surface area contributed by atoms with E-state index in [4.69, 9.17) is 10.5 Å². The highest BCUT2D eigenvalue weighted by molar-refractivity contribution is 5.86. The van der Waals surface area contributed by atoms with Gasteiger partial charge in [-0.2, -0.15) is 0 Å². The number of phenolic OH excluding ortho intramolecular Hbond substituents is 1. The second-order valence-electron chi connectivity index (χ2n) is 5.17. The molecule has 0 spiro atoms. The van der Waals surface area contributed by atoms with Crippen LogP contribution in [0.2, 0.25) is 0 Å². The molecule has 0 radical (unpaired) electrons. The highest BCUT2D eigenvalue weighted by atomic mass is 16.6. The molecule has 5 heteroatoms. The van der Waals surface area contributed by atoms with Crippen molar-refractivity contribution in [2.24, 2.45) is 5.73 Å². The highest BCUT2D eigenvalue weighted by Crippen LogP contribution is 2.27. The quantitative estimate of drug-likeness (QED) is 0.783. The predicted molar refractivity (Wildman–Crippen MR) is 76.1 cm³/mol. The summed E-state index contributed by atoms with van der Waals surface area (Å²) in [5, 5.41) is 12.4. The van der Waals surface area contributed by atoms with Gasteiger partial charge in [0.2, 0.25) is 0 Å². The average Bonchev–Trinajstić information content (AvgIpc) is 2.25. The summed E-state index contributed by atoms with van der Waals surface area (Å²) in [6.07, 6.45) is -0.572. The van der Waals surface area contributed by atoms with E-state index >= 15 is 0 Å². The topological polar surface area (TPSA) is 84.6 Å². The van der Waals surface area contributed by atoms with Crippen LogP contribution in [0.1, 0.15) is 26.3 Å². The lowest BCUT2D eigenvalue weighted by Crippen LogP contribution is -2.27. The molecule has 0 fully saturated rings. The number of ether oxygens (including phenoxy) is 1. The van der Waals surface area contributed by atoms with Gasteiger partial charge in [0.25, 0.3) is 0 Å². The minimum absolute atomic E-state index is 0.0176. The largest absolute Gasteiger partial charge is 0.507 e. The minimum Gasteiger partial charge on any atom is -0.507 e. The van der Waals surface area contributed by atoms with Crippen LogP contribution in [0.4, 0.5) is 10.5 Å². The molecule has 0 unspecified atom stereocenters. The second-order valence-corrected chi connectivity index (χ2v) is 5.17. The van der Waals surface area contributed by atoms with Crippen LogP contribution in [0.15, 0.2) is 24.8 Å². The molecule has 104 valence electrons. The molecular weight excluding hydrogens is 244 g/mol. The number of carbonyl (C=O) groups excluding carboxylic acids is 1. The summed E-state index contributed by atoms with van der Waals surface area (Å²) in [5.74, 6) is 0.0176. The van der Waals surface area contributed by atoms with Gasteiger partial charge in [0.05, 0.1) is 0 Å². The van der Waals surface area contributed by atoms with Crippen LogP contribution >= 0.6 is 0 Å². The molecular formula is C14H20N2O3. The third kappa shape index (κ3) is 4.63.